The lowest BCUT2D eigenvalue weighted by Crippen LogP contribution is -2.03. The fourth-order valence-electron chi connectivity index (χ4n) is 0.741. The zero-order chi connectivity index (χ0) is 10.1. The van der Waals surface area contributed by atoms with E-state index in [1.807, 2.05) is 0 Å². The van der Waals surface area contributed by atoms with Gasteiger partial charge in [0.25, 0.3) is 10.1 Å². The highest BCUT2D eigenvalue weighted by atomic mass is 79.9. The molecular formula is C7H5BrFO3S. The smallest absolute Gasteiger partial charge is 0.264 e. The summed E-state index contributed by atoms with van der Waals surface area (Å²) in [5.41, 5.74) is 0. The van der Waals surface area contributed by atoms with Crippen LogP contribution in [0.1, 0.15) is 0 Å². The summed E-state index contributed by atoms with van der Waals surface area (Å²) >= 11 is 2.79. The summed E-state index contributed by atoms with van der Waals surface area (Å²) < 4.78 is 38.9. The van der Waals surface area contributed by atoms with Gasteiger partial charge in [-0.2, -0.15) is 8.42 Å². The van der Waals surface area contributed by atoms with Gasteiger partial charge in [-0.05, 0) is 28.1 Å². The van der Waals surface area contributed by atoms with Gasteiger partial charge >= 0.3 is 0 Å². The quantitative estimate of drug-likeness (QED) is 0.771. The van der Waals surface area contributed by atoms with E-state index in [9.17, 15) is 12.8 Å². The third kappa shape index (κ3) is 2.07. The minimum atomic E-state index is -3.95. The van der Waals surface area contributed by atoms with Crippen LogP contribution >= 0.6 is 15.9 Å². The summed E-state index contributed by atoms with van der Waals surface area (Å²) in [5, 5.41) is 0. The van der Waals surface area contributed by atoms with Crippen molar-refractivity contribution in [2.24, 2.45) is 0 Å². The average molecular weight is 268 g/mol. The van der Waals surface area contributed by atoms with Crippen LogP contribution in [0.3, 0.4) is 0 Å². The number of hydrogen-bond donors (Lipinski definition) is 0. The van der Waals surface area contributed by atoms with E-state index in [4.69, 9.17) is 0 Å². The molecule has 0 bridgehead atoms. The number of halogens is 2. The molecule has 0 unspecified atom stereocenters. The Morgan fingerprint density at radius 2 is 2.08 bits per heavy atom. The minimum absolute atomic E-state index is 0.154. The van der Waals surface area contributed by atoms with Gasteiger partial charge in [-0.3, -0.25) is 4.18 Å². The first-order valence-electron chi connectivity index (χ1n) is 3.11. The van der Waals surface area contributed by atoms with Gasteiger partial charge in [-0.25, -0.2) is 4.39 Å². The van der Waals surface area contributed by atoms with Crippen LogP contribution in [0.15, 0.2) is 27.6 Å². The molecule has 1 aromatic carbocycles. The van der Waals surface area contributed by atoms with Gasteiger partial charge in [-0.15, -0.1) is 0 Å². The van der Waals surface area contributed by atoms with Crippen molar-refractivity contribution in [3.8, 4) is 0 Å². The molecule has 13 heavy (non-hydrogen) atoms. The Kier molecular flexibility index (Phi) is 3.05. The second kappa shape index (κ2) is 3.73. The summed E-state index contributed by atoms with van der Waals surface area (Å²) in [5.74, 6) is -0.668. The summed E-state index contributed by atoms with van der Waals surface area (Å²) in [4.78, 5) is -0.275. The number of benzene rings is 1. The largest absolute Gasteiger partial charge is 0.298 e. The van der Waals surface area contributed by atoms with Gasteiger partial charge < -0.3 is 0 Å². The summed E-state index contributed by atoms with van der Waals surface area (Å²) in [6, 6.07) is 3.62. The van der Waals surface area contributed by atoms with E-state index in [2.05, 4.69) is 27.2 Å². The topological polar surface area (TPSA) is 43.4 Å². The predicted octanol–water partition coefficient (Wildman–Crippen LogP) is 2.09. The number of hydrogen-bond acceptors (Lipinski definition) is 3. The predicted molar refractivity (Wildman–Crippen MR) is 47.7 cm³/mol. The van der Waals surface area contributed by atoms with E-state index in [1.54, 1.807) is 0 Å². The van der Waals surface area contributed by atoms with E-state index < -0.39 is 15.9 Å². The van der Waals surface area contributed by atoms with E-state index >= 15 is 0 Å². The first-order chi connectivity index (χ1) is 5.99. The van der Waals surface area contributed by atoms with Crippen molar-refractivity contribution in [3.63, 3.8) is 0 Å². The third-order valence-corrected chi connectivity index (χ3v) is 3.60. The molecule has 0 aliphatic carbocycles. The third-order valence-electron chi connectivity index (χ3n) is 1.34. The first kappa shape index (κ1) is 10.6. The molecule has 6 heteroatoms. The maximum absolute atomic E-state index is 12.9. The molecule has 3 nitrogen and oxygen atoms in total. The van der Waals surface area contributed by atoms with Crippen molar-refractivity contribution in [2.45, 2.75) is 4.90 Å². The van der Waals surface area contributed by atoms with Crippen molar-refractivity contribution in [1.29, 1.82) is 0 Å². The molecule has 0 aliphatic heterocycles. The Bertz CT molecular complexity index is 416. The van der Waals surface area contributed by atoms with Gasteiger partial charge in [0.1, 0.15) is 10.7 Å². The summed E-state index contributed by atoms with van der Waals surface area (Å²) in [7, 11) is -1.18. The molecule has 0 heterocycles. The van der Waals surface area contributed by atoms with Crippen molar-refractivity contribution in [3.05, 3.63) is 35.6 Å². The molecule has 0 saturated heterocycles. The Morgan fingerprint density at radius 1 is 1.46 bits per heavy atom. The van der Waals surface area contributed by atoms with Crippen LogP contribution in [0, 0.1) is 12.9 Å². The van der Waals surface area contributed by atoms with E-state index in [0.717, 1.165) is 6.07 Å². The van der Waals surface area contributed by atoms with Crippen LogP contribution in [0.4, 0.5) is 4.39 Å². The molecule has 0 spiro atoms. The zero-order valence-corrected chi connectivity index (χ0v) is 8.73. The van der Waals surface area contributed by atoms with Gasteiger partial charge in [0.05, 0.1) is 11.6 Å². The Morgan fingerprint density at radius 3 is 2.62 bits per heavy atom. The Labute approximate surface area is 83.8 Å². The lowest BCUT2D eigenvalue weighted by molar-refractivity contribution is 0.436. The zero-order valence-electron chi connectivity index (χ0n) is 6.33. The molecule has 0 aromatic heterocycles. The Balaban J connectivity index is 3.40. The van der Waals surface area contributed by atoms with Crippen molar-refractivity contribution in [1.82, 2.24) is 0 Å². The molecule has 0 N–H and O–H groups in total. The molecule has 1 rings (SSSR count). The maximum atomic E-state index is 12.9. The van der Waals surface area contributed by atoms with Crippen molar-refractivity contribution >= 4 is 26.0 Å². The van der Waals surface area contributed by atoms with Gasteiger partial charge in [0.15, 0.2) is 0 Å². The van der Waals surface area contributed by atoms with Crippen LogP contribution < -0.4 is 0 Å². The monoisotopic (exact) mass is 267 g/mol. The van der Waals surface area contributed by atoms with Crippen molar-refractivity contribution in [2.75, 3.05) is 0 Å². The molecule has 0 fully saturated rings. The molecule has 71 valence electrons. The Hall–Kier alpha value is -0.460. The van der Waals surface area contributed by atoms with E-state index in [0.29, 0.717) is 0 Å². The van der Waals surface area contributed by atoms with Crippen LogP contribution in [0.25, 0.3) is 0 Å². The standard InChI is InChI=1S/C7H5BrFO3S/c1-12-13(10,11)6-4-2-3-5(9)7(6)8/h2-4H,1H2. The molecule has 0 aliphatic rings. The first-order valence-corrected chi connectivity index (χ1v) is 5.32. The fraction of sp³-hybridized carbons (Fsp3) is 0. The molecule has 0 saturated carbocycles. The molecule has 0 amide bonds. The fourth-order valence-corrected chi connectivity index (χ4v) is 2.29. The van der Waals surface area contributed by atoms with Gasteiger partial charge in [-0.1, -0.05) is 6.07 Å². The SMILES string of the molecule is [CH2]OS(=O)(=O)c1cccc(F)c1Br. The number of rotatable bonds is 2. The lowest BCUT2D eigenvalue weighted by atomic mass is 10.3. The molecule has 0 atom stereocenters. The lowest BCUT2D eigenvalue weighted by Gasteiger charge is -2.03. The van der Waals surface area contributed by atoms with Gasteiger partial charge in [0, 0.05) is 0 Å². The normalized spacial score (nSPS) is 11.6. The van der Waals surface area contributed by atoms with E-state index in [-0.39, 0.29) is 9.37 Å². The van der Waals surface area contributed by atoms with Crippen LogP contribution in [0.2, 0.25) is 0 Å². The second-order valence-electron chi connectivity index (χ2n) is 2.12. The average Bonchev–Trinajstić information content (AvgIpc) is 2.09. The van der Waals surface area contributed by atoms with Crippen LogP contribution in [-0.2, 0) is 14.3 Å². The van der Waals surface area contributed by atoms with E-state index in [1.165, 1.54) is 12.1 Å². The highest BCUT2D eigenvalue weighted by Crippen LogP contribution is 2.25. The molecule has 1 aromatic rings. The highest BCUT2D eigenvalue weighted by molar-refractivity contribution is 9.10. The minimum Gasteiger partial charge on any atom is -0.264 e. The van der Waals surface area contributed by atoms with Crippen LogP contribution in [-0.4, -0.2) is 8.42 Å². The summed E-state index contributed by atoms with van der Waals surface area (Å²) in [6.07, 6.45) is 0. The summed E-state index contributed by atoms with van der Waals surface area (Å²) in [6.45, 7) is 0. The second-order valence-corrected chi connectivity index (χ2v) is 4.50. The van der Waals surface area contributed by atoms with Crippen LogP contribution in [0.5, 0.6) is 0 Å². The molecule has 1 radical (unpaired) electrons. The van der Waals surface area contributed by atoms with Crippen molar-refractivity contribution < 1.29 is 17.0 Å². The van der Waals surface area contributed by atoms with Gasteiger partial charge in [0.2, 0.25) is 0 Å². The molecular weight excluding hydrogens is 263 g/mol. The maximum Gasteiger partial charge on any atom is 0.298 e. The highest BCUT2D eigenvalue weighted by Gasteiger charge is 2.18.